The Kier molecular flexibility index (Phi) is 8.26. The molecule has 3 N–H and O–H groups in total. The first-order valence-electron chi connectivity index (χ1n) is 7.07. The van der Waals surface area contributed by atoms with E-state index in [0.29, 0.717) is 0 Å². The average molecular weight is 331 g/mol. The molecular formula is C15H24BrFN2. The second kappa shape index (κ2) is 9.45. The molecule has 1 rings (SSSR count). The minimum atomic E-state index is -0.197. The summed E-state index contributed by atoms with van der Waals surface area (Å²) in [5, 5.41) is 0. The zero-order valence-electron chi connectivity index (χ0n) is 11.6. The first kappa shape index (κ1) is 16.6. The van der Waals surface area contributed by atoms with Crippen molar-refractivity contribution in [2.45, 2.75) is 57.9 Å². The molecule has 0 amide bonds. The van der Waals surface area contributed by atoms with Gasteiger partial charge in [-0.1, -0.05) is 55.0 Å². The first-order valence-corrected chi connectivity index (χ1v) is 7.86. The lowest BCUT2D eigenvalue weighted by molar-refractivity contribution is 0.459. The van der Waals surface area contributed by atoms with Crippen LogP contribution < -0.4 is 11.3 Å². The van der Waals surface area contributed by atoms with Crippen molar-refractivity contribution in [1.29, 1.82) is 0 Å². The Bertz CT molecular complexity index is 371. The molecular weight excluding hydrogens is 307 g/mol. The van der Waals surface area contributed by atoms with Crippen LogP contribution in [0.3, 0.4) is 0 Å². The summed E-state index contributed by atoms with van der Waals surface area (Å²) in [6, 6.07) is 4.99. The third-order valence-electron chi connectivity index (χ3n) is 3.37. The quantitative estimate of drug-likeness (QED) is 0.402. The minimum Gasteiger partial charge on any atom is -0.271 e. The van der Waals surface area contributed by atoms with Crippen molar-refractivity contribution in [2.24, 2.45) is 5.84 Å². The molecule has 108 valence electrons. The molecule has 1 aromatic carbocycles. The van der Waals surface area contributed by atoms with E-state index in [0.717, 1.165) is 22.9 Å². The molecule has 19 heavy (non-hydrogen) atoms. The van der Waals surface area contributed by atoms with E-state index in [9.17, 15) is 4.39 Å². The molecule has 0 aliphatic heterocycles. The number of rotatable bonds is 9. The number of halogens is 2. The van der Waals surface area contributed by atoms with Crippen LogP contribution in [0, 0.1) is 5.82 Å². The van der Waals surface area contributed by atoms with Crippen LogP contribution in [0.25, 0.3) is 0 Å². The summed E-state index contributed by atoms with van der Waals surface area (Å²) in [7, 11) is 0. The second-order valence-electron chi connectivity index (χ2n) is 5.01. The summed E-state index contributed by atoms with van der Waals surface area (Å²) in [5.74, 6) is 5.39. The largest absolute Gasteiger partial charge is 0.271 e. The van der Waals surface area contributed by atoms with E-state index >= 15 is 0 Å². The van der Waals surface area contributed by atoms with Gasteiger partial charge in [0.25, 0.3) is 0 Å². The number of hydrazine groups is 1. The topological polar surface area (TPSA) is 38.0 Å². The molecule has 0 bridgehead atoms. The Morgan fingerprint density at radius 3 is 2.68 bits per heavy atom. The highest BCUT2D eigenvalue weighted by molar-refractivity contribution is 9.10. The number of hydrogen-bond donors (Lipinski definition) is 2. The van der Waals surface area contributed by atoms with Crippen molar-refractivity contribution < 1.29 is 4.39 Å². The summed E-state index contributed by atoms with van der Waals surface area (Å²) in [6.07, 6.45) is 8.05. The molecule has 0 saturated carbocycles. The molecule has 0 heterocycles. The van der Waals surface area contributed by atoms with Gasteiger partial charge in [0.1, 0.15) is 5.82 Å². The van der Waals surface area contributed by atoms with Crippen LogP contribution in [0.15, 0.2) is 22.7 Å². The molecule has 4 heteroatoms. The van der Waals surface area contributed by atoms with Gasteiger partial charge in [-0.3, -0.25) is 11.3 Å². The van der Waals surface area contributed by atoms with Gasteiger partial charge in [0.15, 0.2) is 0 Å². The van der Waals surface area contributed by atoms with Gasteiger partial charge in [0, 0.05) is 10.5 Å². The van der Waals surface area contributed by atoms with Crippen molar-refractivity contribution >= 4 is 15.9 Å². The predicted molar refractivity (Wildman–Crippen MR) is 82.3 cm³/mol. The normalized spacial score (nSPS) is 12.6. The van der Waals surface area contributed by atoms with Gasteiger partial charge in [0.05, 0.1) is 0 Å². The molecule has 1 atom stereocenters. The van der Waals surface area contributed by atoms with E-state index in [1.165, 1.54) is 38.2 Å². The van der Waals surface area contributed by atoms with Crippen molar-refractivity contribution in [3.8, 4) is 0 Å². The molecule has 2 nitrogen and oxygen atoms in total. The number of unbranched alkanes of at least 4 members (excludes halogenated alkanes) is 4. The first-order chi connectivity index (χ1) is 9.17. The number of hydrogen-bond acceptors (Lipinski definition) is 2. The third-order valence-corrected chi connectivity index (χ3v) is 4.14. The van der Waals surface area contributed by atoms with Crippen LogP contribution >= 0.6 is 15.9 Å². The van der Waals surface area contributed by atoms with Crippen LogP contribution in [0.1, 0.15) is 51.0 Å². The van der Waals surface area contributed by atoms with E-state index in [4.69, 9.17) is 5.84 Å². The molecule has 0 fully saturated rings. The van der Waals surface area contributed by atoms with Gasteiger partial charge in [-0.05, 0) is 36.6 Å². The van der Waals surface area contributed by atoms with Gasteiger partial charge in [-0.15, -0.1) is 0 Å². The van der Waals surface area contributed by atoms with E-state index in [1.807, 2.05) is 0 Å². The van der Waals surface area contributed by atoms with Crippen molar-refractivity contribution in [3.05, 3.63) is 34.1 Å². The Morgan fingerprint density at radius 1 is 1.26 bits per heavy atom. The van der Waals surface area contributed by atoms with Gasteiger partial charge >= 0.3 is 0 Å². The summed E-state index contributed by atoms with van der Waals surface area (Å²) in [5.41, 5.74) is 3.81. The fourth-order valence-electron chi connectivity index (χ4n) is 2.20. The fraction of sp³-hybridized carbons (Fsp3) is 0.600. The molecule has 0 saturated heterocycles. The smallest absolute Gasteiger partial charge is 0.123 e. The van der Waals surface area contributed by atoms with Crippen molar-refractivity contribution in [2.75, 3.05) is 0 Å². The zero-order chi connectivity index (χ0) is 14.1. The third kappa shape index (κ3) is 6.50. The highest BCUT2D eigenvalue weighted by Crippen LogP contribution is 2.20. The highest BCUT2D eigenvalue weighted by Gasteiger charge is 2.10. The highest BCUT2D eigenvalue weighted by atomic mass is 79.9. The van der Waals surface area contributed by atoms with Gasteiger partial charge < -0.3 is 0 Å². The summed E-state index contributed by atoms with van der Waals surface area (Å²) < 4.78 is 14.2. The van der Waals surface area contributed by atoms with Crippen LogP contribution in [0.4, 0.5) is 4.39 Å². The fourth-order valence-corrected chi connectivity index (χ4v) is 2.61. The Morgan fingerprint density at radius 2 is 2.00 bits per heavy atom. The maximum absolute atomic E-state index is 13.2. The van der Waals surface area contributed by atoms with Crippen LogP contribution in [0.5, 0.6) is 0 Å². The molecule has 0 aliphatic carbocycles. The Labute approximate surface area is 124 Å². The molecule has 1 aromatic rings. The molecule has 1 unspecified atom stereocenters. The lowest BCUT2D eigenvalue weighted by Gasteiger charge is -2.16. The number of nitrogens with two attached hydrogens (primary N) is 1. The van der Waals surface area contributed by atoms with Crippen LogP contribution in [-0.2, 0) is 6.42 Å². The monoisotopic (exact) mass is 330 g/mol. The van der Waals surface area contributed by atoms with Crippen molar-refractivity contribution in [3.63, 3.8) is 0 Å². The van der Waals surface area contributed by atoms with E-state index in [1.54, 1.807) is 12.1 Å². The van der Waals surface area contributed by atoms with Gasteiger partial charge in [-0.25, -0.2) is 4.39 Å². The Balaban J connectivity index is 2.41. The Hall–Kier alpha value is -0.450. The summed E-state index contributed by atoms with van der Waals surface area (Å²) in [4.78, 5) is 0. The molecule has 0 radical (unpaired) electrons. The van der Waals surface area contributed by atoms with Crippen LogP contribution in [0.2, 0.25) is 0 Å². The maximum atomic E-state index is 13.2. The predicted octanol–water partition coefficient (Wildman–Crippen LogP) is 4.32. The van der Waals surface area contributed by atoms with Crippen LogP contribution in [-0.4, -0.2) is 6.04 Å². The lowest BCUT2D eigenvalue weighted by atomic mass is 10.0. The second-order valence-corrected chi connectivity index (χ2v) is 5.86. The minimum absolute atomic E-state index is 0.197. The average Bonchev–Trinajstić information content (AvgIpc) is 2.41. The number of nitrogens with one attached hydrogen (secondary N) is 1. The van der Waals surface area contributed by atoms with E-state index in [-0.39, 0.29) is 11.9 Å². The van der Waals surface area contributed by atoms with E-state index < -0.39 is 0 Å². The van der Waals surface area contributed by atoms with Gasteiger partial charge in [0.2, 0.25) is 0 Å². The number of benzene rings is 1. The maximum Gasteiger partial charge on any atom is 0.123 e. The molecule has 0 spiro atoms. The summed E-state index contributed by atoms with van der Waals surface area (Å²) >= 11 is 3.46. The standard InChI is InChI=1S/C15H24BrFN2/c1-2-3-4-5-6-7-14(19-18)11-12-10-13(17)8-9-15(12)16/h8-10,14,19H,2-7,11,18H2,1H3. The van der Waals surface area contributed by atoms with E-state index in [2.05, 4.69) is 28.3 Å². The summed E-state index contributed by atoms with van der Waals surface area (Å²) in [6.45, 7) is 2.21. The van der Waals surface area contributed by atoms with Crippen molar-refractivity contribution in [1.82, 2.24) is 5.43 Å². The molecule has 0 aromatic heterocycles. The zero-order valence-corrected chi connectivity index (χ0v) is 13.2. The SMILES string of the molecule is CCCCCCCC(Cc1cc(F)ccc1Br)NN. The molecule has 0 aliphatic rings. The lowest BCUT2D eigenvalue weighted by Crippen LogP contribution is -2.36. The van der Waals surface area contributed by atoms with Gasteiger partial charge in [-0.2, -0.15) is 0 Å².